The van der Waals surface area contributed by atoms with Crippen LogP contribution in [0.3, 0.4) is 0 Å². The quantitative estimate of drug-likeness (QED) is 0.784. The van der Waals surface area contributed by atoms with Crippen LogP contribution in [0.4, 0.5) is 5.69 Å². The number of anilines is 1. The molecule has 1 N–H and O–H groups in total. The van der Waals surface area contributed by atoms with Crippen LogP contribution in [0.15, 0.2) is 29.2 Å². The number of nitrogens with one attached hydrogen (secondary N) is 1. The first-order valence-electron chi connectivity index (χ1n) is 6.12. The zero-order chi connectivity index (χ0) is 13.6. The Hall–Kier alpha value is -0.740. The Morgan fingerprint density at radius 1 is 1.28 bits per heavy atom. The van der Waals surface area contributed by atoms with Crippen molar-refractivity contribution in [2.24, 2.45) is 5.92 Å². The van der Waals surface area contributed by atoms with Crippen molar-refractivity contribution >= 4 is 27.1 Å². The molecule has 1 rings (SSSR count). The molecule has 0 radical (unpaired) electrons. The standard InChI is InChI=1S/C13H20ClNO2S/c1-3-18(16,17)13-6-4-12(5-7-13)15-10-11(2)8-9-14/h4-7,11,15H,3,8-10H2,1-2H3. The van der Waals surface area contributed by atoms with E-state index >= 15 is 0 Å². The minimum absolute atomic E-state index is 0.131. The van der Waals surface area contributed by atoms with Crippen LogP contribution in [0.2, 0.25) is 0 Å². The molecule has 0 aliphatic heterocycles. The first kappa shape index (κ1) is 15.3. The highest BCUT2D eigenvalue weighted by atomic mass is 35.5. The molecule has 1 atom stereocenters. The molecule has 0 heterocycles. The average Bonchev–Trinajstić information content (AvgIpc) is 2.37. The summed E-state index contributed by atoms with van der Waals surface area (Å²) < 4.78 is 23.3. The van der Waals surface area contributed by atoms with Gasteiger partial charge in [-0.25, -0.2) is 8.42 Å². The Bertz CT molecular complexity index is 456. The van der Waals surface area contributed by atoms with Crippen LogP contribution in [0, 0.1) is 5.92 Å². The van der Waals surface area contributed by atoms with Crippen molar-refractivity contribution in [1.29, 1.82) is 0 Å². The van der Waals surface area contributed by atoms with Gasteiger partial charge < -0.3 is 5.32 Å². The molecule has 3 nitrogen and oxygen atoms in total. The van der Waals surface area contributed by atoms with Crippen LogP contribution in [0.25, 0.3) is 0 Å². The summed E-state index contributed by atoms with van der Waals surface area (Å²) in [5.74, 6) is 1.30. The third kappa shape index (κ3) is 4.50. The lowest BCUT2D eigenvalue weighted by Gasteiger charge is -2.12. The summed E-state index contributed by atoms with van der Waals surface area (Å²) in [6, 6.07) is 6.90. The van der Waals surface area contributed by atoms with E-state index in [1.165, 1.54) is 0 Å². The Balaban J connectivity index is 2.61. The fourth-order valence-corrected chi connectivity index (χ4v) is 2.78. The highest BCUT2D eigenvalue weighted by Crippen LogP contribution is 2.16. The molecule has 1 unspecified atom stereocenters. The van der Waals surface area contributed by atoms with Gasteiger partial charge in [-0.1, -0.05) is 13.8 Å². The van der Waals surface area contributed by atoms with E-state index in [1.807, 2.05) is 0 Å². The van der Waals surface area contributed by atoms with Crippen LogP contribution >= 0.6 is 11.6 Å². The zero-order valence-corrected chi connectivity index (χ0v) is 12.4. The summed E-state index contributed by atoms with van der Waals surface area (Å²) in [6.07, 6.45) is 0.969. The summed E-state index contributed by atoms with van der Waals surface area (Å²) in [5, 5.41) is 3.27. The second-order valence-electron chi connectivity index (χ2n) is 4.39. The first-order chi connectivity index (χ1) is 8.49. The predicted octanol–water partition coefficient (Wildman–Crippen LogP) is 3.16. The van der Waals surface area contributed by atoms with E-state index in [1.54, 1.807) is 31.2 Å². The number of alkyl halides is 1. The molecule has 5 heteroatoms. The second-order valence-corrected chi connectivity index (χ2v) is 7.05. The van der Waals surface area contributed by atoms with Gasteiger partial charge >= 0.3 is 0 Å². The normalized spacial score (nSPS) is 13.3. The maximum absolute atomic E-state index is 11.6. The van der Waals surface area contributed by atoms with Crippen LogP contribution in [0.5, 0.6) is 0 Å². The third-order valence-electron chi connectivity index (χ3n) is 2.85. The summed E-state index contributed by atoms with van der Waals surface area (Å²) in [4.78, 5) is 0.379. The van der Waals surface area contributed by atoms with Gasteiger partial charge in [0.05, 0.1) is 10.6 Å². The summed E-state index contributed by atoms with van der Waals surface area (Å²) in [7, 11) is -3.10. The van der Waals surface area contributed by atoms with E-state index in [0.717, 1.165) is 18.7 Å². The first-order valence-corrected chi connectivity index (χ1v) is 8.31. The lowest BCUT2D eigenvalue weighted by atomic mass is 10.1. The van der Waals surface area contributed by atoms with Crippen molar-refractivity contribution in [2.45, 2.75) is 25.2 Å². The fraction of sp³-hybridized carbons (Fsp3) is 0.538. The van der Waals surface area contributed by atoms with Crippen molar-refractivity contribution < 1.29 is 8.42 Å². The monoisotopic (exact) mass is 289 g/mol. The lowest BCUT2D eigenvalue weighted by Crippen LogP contribution is -2.11. The molecule has 0 spiro atoms. The molecule has 0 aliphatic rings. The Morgan fingerprint density at radius 2 is 1.89 bits per heavy atom. The molecule has 0 aromatic heterocycles. The van der Waals surface area contributed by atoms with Crippen molar-refractivity contribution in [3.8, 4) is 0 Å². The van der Waals surface area contributed by atoms with Crippen molar-refractivity contribution in [1.82, 2.24) is 0 Å². The SMILES string of the molecule is CCS(=O)(=O)c1ccc(NCC(C)CCCl)cc1. The number of hydrogen-bond donors (Lipinski definition) is 1. The number of sulfone groups is 1. The van der Waals surface area contributed by atoms with E-state index in [0.29, 0.717) is 16.7 Å². The third-order valence-corrected chi connectivity index (χ3v) is 4.82. The Kier molecular flexibility index (Phi) is 5.96. The van der Waals surface area contributed by atoms with E-state index in [2.05, 4.69) is 12.2 Å². The number of benzene rings is 1. The second kappa shape index (κ2) is 7.00. The van der Waals surface area contributed by atoms with E-state index in [4.69, 9.17) is 11.6 Å². The molecule has 1 aromatic carbocycles. The van der Waals surface area contributed by atoms with Crippen LogP contribution in [-0.4, -0.2) is 26.6 Å². The molecular formula is C13H20ClNO2S. The van der Waals surface area contributed by atoms with Crippen molar-refractivity contribution in [3.05, 3.63) is 24.3 Å². The minimum Gasteiger partial charge on any atom is -0.385 e. The van der Waals surface area contributed by atoms with Gasteiger partial charge in [-0.05, 0) is 36.6 Å². The molecule has 0 amide bonds. The maximum atomic E-state index is 11.6. The molecule has 102 valence electrons. The molecule has 0 aliphatic carbocycles. The Morgan fingerprint density at radius 3 is 2.39 bits per heavy atom. The van der Waals surface area contributed by atoms with Gasteiger partial charge in [0.1, 0.15) is 0 Å². The Labute approximate surface area is 114 Å². The lowest BCUT2D eigenvalue weighted by molar-refractivity contribution is 0.596. The topological polar surface area (TPSA) is 46.2 Å². The van der Waals surface area contributed by atoms with E-state index in [-0.39, 0.29) is 5.75 Å². The molecule has 1 aromatic rings. The van der Waals surface area contributed by atoms with Gasteiger partial charge in [0.15, 0.2) is 9.84 Å². The van der Waals surface area contributed by atoms with Gasteiger partial charge in [-0.15, -0.1) is 11.6 Å². The molecule has 0 bridgehead atoms. The highest BCUT2D eigenvalue weighted by molar-refractivity contribution is 7.91. The fourth-order valence-electron chi connectivity index (χ4n) is 1.53. The molecule has 0 saturated heterocycles. The van der Waals surface area contributed by atoms with Gasteiger partial charge in [0.25, 0.3) is 0 Å². The van der Waals surface area contributed by atoms with Gasteiger partial charge in [0, 0.05) is 18.1 Å². The van der Waals surface area contributed by atoms with E-state index in [9.17, 15) is 8.42 Å². The van der Waals surface area contributed by atoms with Crippen LogP contribution < -0.4 is 5.32 Å². The highest BCUT2D eigenvalue weighted by Gasteiger charge is 2.10. The average molecular weight is 290 g/mol. The number of halogens is 1. The van der Waals surface area contributed by atoms with E-state index < -0.39 is 9.84 Å². The van der Waals surface area contributed by atoms with Crippen LogP contribution in [-0.2, 0) is 9.84 Å². The smallest absolute Gasteiger partial charge is 0.178 e. The molecule has 0 saturated carbocycles. The summed E-state index contributed by atoms with van der Waals surface area (Å²) in [6.45, 7) is 4.62. The summed E-state index contributed by atoms with van der Waals surface area (Å²) in [5.41, 5.74) is 0.937. The summed E-state index contributed by atoms with van der Waals surface area (Å²) >= 11 is 5.67. The largest absolute Gasteiger partial charge is 0.385 e. The van der Waals surface area contributed by atoms with Gasteiger partial charge in [-0.3, -0.25) is 0 Å². The number of hydrogen-bond acceptors (Lipinski definition) is 3. The predicted molar refractivity (Wildman–Crippen MR) is 77.2 cm³/mol. The van der Waals surface area contributed by atoms with Gasteiger partial charge in [-0.2, -0.15) is 0 Å². The maximum Gasteiger partial charge on any atom is 0.178 e. The number of rotatable bonds is 7. The molecule has 0 fully saturated rings. The van der Waals surface area contributed by atoms with Crippen molar-refractivity contribution in [2.75, 3.05) is 23.5 Å². The van der Waals surface area contributed by atoms with Crippen LogP contribution in [0.1, 0.15) is 20.3 Å². The minimum atomic E-state index is -3.10. The molecular weight excluding hydrogens is 270 g/mol. The molecule has 18 heavy (non-hydrogen) atoms. The zero-order valence-electron chi connectivity index (χ0n) is 10.8. The van der Waals surface area contributed by atoms with Gasteiger partial charge in [0.2, 0.25) is 0 Å². The van der Waals surface area contributed by atoms with Crippen molar-refractivity contribution in [3.63, 3.8) is 0 Å².